The fraction of sp³-hybridized carbons (Fsp3) is 0.250. The van der Waals surface area contributed by atoms with Gasteiger partial charge < -0.3 is 0 Å². The van der Waals surface area contributed by atoms with Gasteiger partial charge >= 0.3 is 5.69 Å². The highest BCUT2D eigenvalue weighted by atomic mass is 32.1. The van der Waals surface area contributed by atoms with E-state index in [0.717, 1.165) is 11.3 Å². The second-order valence-electron chi connectivity index (χ2n) is 4.39. The third-order valence-electron chi connectivity index (χ3n) is 2.82. The first-order chi connectivity index (χ1) is 10.4. The van der Waals surface area contributed by atoms with Crippen molar-refractivity contribution < 1.29 is 14.1 Å². The average molecular weight is 325 g/mol. The second-order valence-corrected chi connectivity index (χ2v) is 5.45. The Kier molecular flexibility index (Phi) is 4.61. The molecule has 0 radical (unpaired) electrons. The summed E-state index contributed by atoms with van der Waals surface area (Å²) in [7, 11) is 0. The molecule has 2 aromatic rings. The van der Waals surface area contributed by atoms with Crippen LogP contribution in [0.3, 0.4) is 0 Å². The van der Waals surface area contributed by atoms with E-state index in [4.69, 9.17) is 0 Å². The number of halogens is 1. The van der Waals surface area contributed by atoms with Crippen LogP contribution in [0.25, 0.3) is 0 Å². The lowest BCUT2D eigenvalue weighted by Gasteiger charge is -2.09. The standard InChI is InChI=1S/C12H12FN5O3S/c1-7-10(18(20)21)6-17(16-7)8(2)12(19)15-14-5-9-3-4-11(13)22-9/h3-6,8H,1-2H3,(H,15,19)/b14-5-/t8-/m0/s1. The number of aryl methyl sites for hydroxylation is 1. The molecule has 22 heavy (non-hydrogen) atoms. The van der Waals surface area contributed by atoms with E-state index < -0.39 is 16.9 Å². The molecule has 0 saturated heterocycles. The number of nitrogens with zero attached hydrogens (tertiary/aromatic N) is 4. The smallest absolute Gasteiger partial charge is 0.271 e. The van der Waals surface area contributed by atoms with E-state index in [9.17, 15) is 19.3 Å². The number of hydrogen-bond acceptors (Lipinski definition) is 6. The fourth-order valence-electron chi connectivity index (χ4n) is 1.62. The third-order valence-corrected chi connectivity index (χ3v) is 3.63. The van der Waals surface area contributed by atoms with Crippen molar-refractivity contribution >= 4 is 29.1 Å². The van der Waals surface area contributed by atoms with Crippen LogP contribution in [0.2, 0.25) is 0 Å². The predicted molar refractivity (Wildman–Crippen MR) is 78.3 cm³/mol. The number of aromatic nitrogens is 2. The molecule has 2 heterocycles. The first-order valence-corrected chi connectivity index (χ1v) is 6.98. The van der Waals surface area contributed by atoms with Crippen LogP contribution < -0.4 is 5.43 Å². The Bertz CT molecular complexity index is 739. The maximum absolute atomic E-state index is 12.8. The number of nitrogens with one attached hydrogen (secondary N) is 1. The number of rotatable bonds is 5. The van der Waals surface area contributed by atoms with Crippen LogP contribution in [0.5, 0.6) is 0 Å². The van der Waals surface area contributed by atoms with Crippen LogP contribution in [0.4, 0.5) is 10.1 Å². The van der Waals surface area contributed by atoms with E-state index in [1.54, 1.807) is 0 Å². The maximum atomic E-state index is 12.8. The Labute approximate surface area is 128 Å². The highest BCUT2D eigenvalue weighted by molar-refractivity contribution is 7.12. The summed E-state index contributed by atoms with van der Waals surface area (Å²) in [6.07, 6.45) is 2.51. The summed E-state index contributed by atoms with van der Waals surface area (Å²) in [5, 5.41) is 18.1. The number of nitro groups is 1. The zero-order chi connectivity index (χ0) is 16.3. The molecule has 0 aliphatic heterocycles. The summed E-state index contributed by atoms with van der Waals surface area (Å²) < 4.78 is 14.0. The van der Waals surface area contributed by atoms with Crippen molar-refractivity contribution in [3.63, 3.8) is 0 Å². The van der Waals surface area contributed by atoms with Crippen molar-refractivity contribution in [2.45, 2.75) is 19.9 Å². The fourth-order valence-corrected chi connectivity index (χ4v) is 2.22. The van der Waals surface area contributed by atoms with Crippen LogP contribution in [0, 0.1) is 22.2 Å². The highest BCUT2D eigenvalue weighted by Gasteiger charge is 2.21. The van der Waals surface area contributed by atoms with Crippen molar-refractivity contribution in [2.24, 2.45) is 5.10 Å². The van der Waals surface area contributed by atoms with E-state index in [2.05, 4.69) is 15.6 Å². The number of carbonyl (C=O) groups is 1. The van der Waals surface area contributed by atoms with Gasteiger partial charge in [-0.05, 0) is 26.0 Å². The summed E-state index contributed by atoms with van der Waals surface area (Å²) >= 11 is 0.893. The Morgan fingerprint density at radius 1 is 1.64 bits per heavy atom. The molecule has 1 atom stereocenters. The molecule has 0 aliphatic carbocycles. The molecule has 116 valence electrons. The Balaban J connectivity index is 2.01. The van der Waals surface area contributed by atoms with Crippen molar-refractivity contribution in [3.05, 3.63) is 44.1 Å². The van der Waals surface area contributed by atoms with Gasteiger partial charge in [0, 0.05) is 0 Å². The SMILES string of the molecule is Cc1nn([C@@H](C)C(=O)N/N=C\c2ccc(F)s2)cc1[N+](=O)[O-]. The Morgan fingerprint density at radius 2 is 2.36 bits per heavy atom. The van der Waals surface area contributed by atoms with Gasteiger partial charge in [-0.25, -0.2) is 5.43 Å². The van der Waals surface area contributed by atoms with Crippen molar-refractivity contribution in [1.82, 2.24) is 15.2 Å². The number of hydrazone groups is 1. The molecule has 0 spiro atoms. The molecule has 1 amide bonds. The summed E-state index contributed by atoms with van der Waals surface area (Å²) in [5.41, 5.74) is 2.35. The van der Waals surface area contributed by atoms with E-state index in [1.807, 2.05) is 0 Å². The van der Waals surface area contributed by atoms with Crippen molar-refractivity contribution in [3.8, 4) is 0 Å². The van der Waals surface area contributed by atoms with E-state index in [-0.39, 0.29) is 16.5 Å². The average Bonchev–Trinajstić information content (AvgIpc) is 3.04. The van der Waals surface area contributed by atoms with E-state index in [0.29, 0.717) is 4.88 Å². The lowest BCUT2D eigenvalue weighted by atomic mass is 10.3. The molecule has 0 aliphatic rings. The van der Waals surface area contributed by atoms with E-state index in [1.165, 1.54) is 43.1 Å². The molecular formula is C12H12FN5O3S. The zero-order valence-electron chi connectivity index (χ0n) is 11.7. The number of thiophene rings is 1. The molecule has 2 rings (SSSR count). The highest BCUT2D eigenvalue weighted by Crippen LogP contribution is 2.18. The van der Waals surface area contributed by atoms with Gasteiger partial charge in [-0.3, -0.25) is 19.6 Å². The number of amides is 1. The third kappa shape index (κ3) is 3.52. The van der Waals surface area contributed by atoms with Crippen LogP contribution in [-0.4, -0.2) is 26.8 Å². The van der Waals surface area contributed by atoms with Crippen LogP contribution in [-0.2, 0) is 4.79 Å². The van der Waals surface area contributed by atoms with Gasteiger partial charge in [-0.15, -0.1) is 11.3 Å². The molecule has 0 aromatic carbocycles. The summed E-state index contributed by atoms with van der Waals surface area (Å²) in [5.74, 6) is -0.495. The normalized spacial score (nSPS) is 12.5. The van der Waals surface area contributed by atoms with Gasteiger partial charge in [-0.2, -0.15) is 14.6 Å². The van der Waals surface area contributed by atoms with Crippen LogP contribution in [0.15, 0.2) is 23.4 Å². The minimum atomic E-state index is -0.773. The molecule has 0 saturated carbocycles. The minimum Gasteiger partial charge on any atom is -0.271 e. The van der Waals surface area contributed by atoms with Gasteiger partial charge in [0.05, 0.1) is 16.0 Å². The van der Waals surface area contributed by atoms with Crippen molar-refractivity contribution in [1.29, 1.82) is 0 Å². The van der Waals surface area contributed by atoms with Crippen LogP contribution >= 0.6 is 11.3 Å². The zero-order valence-corrected chi connectivity index (χ0v) is 12.5. The molecular weight excluding hydrogens is 313 g/mol. The molecule has 0 fully saturated rings. The monoisotopic (exact) mass is 325 g/mol. The molecule has 10 heteroatoms. The first kappa shape index (κ1) is 15.8. The van der Waals surface area contributed by atoms with Gasteiger partial charge in [0.25, 0.3) is 5.91 Å². The maximum Gasteiger partial charge on any atom is 0.309 e. The summed E-state index contributed by atoms with van der Waals surface area (Å²) in [4.78, 5) is 22.6. The van der Waals surface area contributed by atoms with Crippen molar-refractivity contribution in [2.75, 3.05) is 0 Å². The molecule has 0 unspecified atom stereocenters. The predicted octanol–water partition coefficient (Wildman–Crippen LogP) is 2.01. The summed E-state index contributed by atoms with van der Waals surface area (Å²) in [6.45, 7) is 3.02. The Morgan fingerprint density at radius 3 is 2.91 bits per heavy atom. The largest absolute Gasteiger partial charge is 0.309 e. The second kappa shape index (κ2) is 6.43. The van der Waals surface area contributed by atoms with E-state index >= 15 is 0 Å². The van der Waals surface area contributed by atoms with Gasteiger partial charge in [0.2, 0.25) is 0 Å². The first-order valence-electron chi connectivity index (χ1n) is 6.17. The molecule has 0 bridgehead atoms. The minimum absolute atomic E-state index is 0.155. The number of hydrogen-bond donors (Lipinski definition) is 1. The lowest BCUT2D eigenvalue weighted by Crippen LogP contribution is -2.27. The van der Waals surface area contributed by atoms with Gasteiger partial charge in [0.1, 0.15) is 17.9 Å². The lowest BCUT2D eigenvalue weighted by molar-refractivity contribution is -0.385. The Hall–Kier alpha value is -2.62. The molecule has 8 nitrogen and oxygen atoms in total. The quantitative estimate of drug-likeness (QED) is 0.516. The van der Waals surface area contributed by atoms with Crippen LogP contribution in [0.1, 0.15) is 23.5 Å². The number of carbonyl (C=O) groups excluding carboxylic acids is 1. The summed E-state index contributed by atoms with van der Waals surface area (Å²) in [6, 6.07) is 2.05. The molecule has 1 N–H and O–H groups in total. The molecule has 2 aromatic heterocycles. The van der Waals surface area contributed by atoms with Gasteiger partial charge in [-0.1, -0.05) is 0 Å². The van der Waals surface area contributed by atoms with Gasteiger partial charge in [0.15, 0.2) is 5.13 Å². The topological polar surface area (TPSA) is 102 Å².